The van der Waals surface area contributed by atoms with Gasteiger partial charge in [0.2, 0.25) is 5.91 Å². The standard InChI is InChI=1S/C15H24N2O/c1-11(2)17(14(18)15(3,4)5)10-12-8-6-7-9-13(12)16/h6-9,11H,10,16H2,1-5H3. The van der Waals surface area contributed by atoms with E-state index in [1.165, 1.54) is 0 Å². The van der Waals surface area contributed by atoms with Crippen molar-refractivity contribution < 1.29 is 4.79 Å². The number of hydrogen-bond acceptors (Lipinski definition) is 2. The molecular weight excluding hydrogens is 224 g/mol. The van der Waals surface area contributed by atoms with E-state index in [9.17, 15) is 4.79 Å². The summed E-state index contributed by atoms with van der Waals surface area (Å²) in [5.41, 5.74) is 7.32. The minimum absolute atomic E-state index is 0.153. The van der Waals surface area contributed by atoms with Crippen LogP contribution in [0.25, 0.3) is 0 Å². The number of nitrogens with zero attached hydrogens (tertiary/aromatic N) is 1. The second-order valence-corrected chi connectivity index (χ2v) is 5.98. The van der Waals surface area contributed by atoms with Crippen LogP contribution in [0, 0.1) is 5.41 Å². The van der Waals surface area contributed by atoms with Gasteiger partial charge in [-0.3, -0.25) is 4.79 Å². The molecule has 0 aromatic heterocycles. The van der Waals surface area contributed by atoms with Crippen molar-refractivity contribution >= 4 is 11.6 Å². The molecule has 0 atom stereocenters. The van der Waals surface area contributed by atoms with Gasteiger partial charge in [0, 0.05) is 23.7 Å². The van der Waals surface area contributed by atoms with Crippen molar-refractivity contribution in [3.8, 4) is 0 Å². The minimum atomic E-state index is -0.367. The smallest absolute Gasteiger partial charge is 0.228 e. The second-order valence-electron chi connectivity index (χ2n) is 5.98. The lowest BCUT2D eigenvalue weighted by atomic mass is 9.93. The van der Waals surface area contributed by atoms with Crippen LogP contribution in [-0.4, -0.2) is 16.8 Å². The second kappa shape index (κ2) is 5.42. The molecule has 1 amide bonds. The molecule has 1 aromatic rings. The van der Waals surface area contributed by atoms with Gasteiger partial charge < -0.3 is 10.6 Å². The summed E-state index contributed by atoms with van der Waals surface area (Å²) in [6, 6.07) is 7.86. The zero-order chi connectivity index (χ0) is 13.9. The maximum atomic E-state index is 12.4. The Morgan fingerprint density at radius 1 is 1.28 bits per heavy atom. The third-order valence-corrected chi connectivity index (χ3v) is 2.92. The highest BCUT2D eigenvalue weighted by atomic mass is 16.2. The fourth-order valence-electron chi connectivity index (χ4n) is 1.78. The van der Waals surface area contributed by atoms with Crippen LogP contribution < -0.4 is 5.73 Å². The summed E-state index contributed by atoms with van der Waals surface area (Å²) in [6.45, 7) is 10.5. The summed E-state index contributed by atoms with van der Waals surface area (Å²) in [4.78, 5) is 14.3. The number of para-hydroxylation sites is 1. The molecule has 0 aliphatic heterocycles. The van der Waals surface area contributed by atoms with Gasteiger partial charge in [-0.15, -0.1) is 0 Å². The van der Waals surface area contributed by atoms with Gasteiger partial charge in [-0.1, -0.05) is 39.0 Å². The third kappa shape index (κ3) is 3.49. The third-order valence-electron chi connectivity index (χ3n) is 2.92. The Balaban J connectivity index is 2.96. The Morgan fingerprint density at radius 3 is 2.28 bits per heavy atom. The van der Waals surface area contributed by atoms with E-state index in [1.807, 2.05) is 63.8 Å². The predicted octanol–water partition coefficient (Wildman–Crippen LogP) is 3.05. The minimum Gasteiger partial charge on any atom is -0.398 e. The van der Waals surface area contributed by atoms with Crippen LogP contribution in [0.5, 0.6) is 0 Å². The molecular formula is C15H24N2O. The first-order valence-corrected chi connectivity index (χ1v) is 6.38. The van der Waals surface area contributed by atoms with E-state index >= 15 is 0 Å². The average molecular weight is 248 g/mol. The van der Waals surface area contributed by atoms with Crippen molar-refractivity contribution in [2.75, 3.05) is 5.73 Å². The van der Waals surface area contributed by atoms with Gasteiger partial charge >= 0.3 is 0 Å². The zero-order valence-electron chi connectivity index (χ0n) is 12.0. The Bertz CT molecular complexity index is 419. The van der Waals surface area contributed by atoms with E-state index in [4.69, 9.17) is 5.73 Å². The van der Waals surface area contributed by atoms with Crippen molar-refractivity contribution in [3.05, 3.63) is 29.8 Å². The van der Waals surface area contributed by atoms with Crippen molar-refractivity contribution in [2.24, 2.45) is 5.41 Å². The van der Waals surface area contributed by atoms with Gasteiger partial charge in [-0.25, -0.2) is 0 Å². The molecule has 100 valence electrons. The summed E-state index contributed by atoms with van der Waals surface area (Å²) in [5, 5.41) is 0. The topological polar surface area (TPSA) is 46.3 Å². The van der Waals surface area contributed by atoms with Crippen LogP contribution in [0.2, 0.25) is 0 Å². The van der Waals surface area contributed by atoms with Crippen molar-refractivity contribution in [1.82, 2.24) is 4.90 Å². The Labute approximate surface area is 110 Å². The first-order chi connectivity index (χ1) is 8.23. The maximum absolute atomic E-state index is 12.4. The molecule has 2 N–H and O–H groups in total. The lowest BCUT2D eigenvalue weighted by Gasteiger charge is -2.33. The van der Waals surface area contributed by atoms with Crippen molar-refractivity contribution in [2.45, 2.75) is 47.2 Å². The molecule has 18 heavy (non-hydrogen) atoms. The largest absolute Gasteiger partial charge is 0.398 e. The number of amides is 1. The Hall–Kier alpha value is -1.51. The summed E-state index contributed by atoms with van der Waals surface area (Å²) in [5.74, 6) is 0.153. The maximum Gasteiger partial charge on any atom is 0.228 e. The van der Waals surface area contributed by atoms with Gasteiger partial charge in [-0.2, -0.15) is 0 Å². The van der Waals surface area contributed by atoms with Gasteiger partial charge in [0.15, 0.2) is 0 Å². The van der Waals surface area contributed by atoms with E-state index in [0.717, 1.165) is 11.3 Å². The fourth-order valence-corrected chi connectivity index (χ4v) is 1.78. The average Bonchev–Trinajstić information content (AvgIpc) is 2.25. The first-order valence-electron chi connectivity index (χ1n) is 6.38. The number of anilines is 1. The summed E-state index contributed by atoms with van der Waals surface area (Å²) >= 11 is 0. The molecule has 0 saturated carbocycles. The van der Waals surface area contributed by atoms with E-state index < -0.39 is 0 Å². The lowest BCUT2D eigenvalue weighted by molar-refractivity contribution is -0.141. The van der Waals surface area contributed by atoms with Gasteiger partial charge in [0.05, 0.1) is 0 Å². The number of nitrogens with two attached hydrogens (primary N) is 1. The SMILES string of the molecule is CC(C)N(Cc1ccccc1N)C(=O)C(C)(C)C. The van der Waals surface area contributed by atoms with Crippen LogP contribution in [0.1, 0.15) is 40.2 Å². The zero-order valence-corrected chi connectivity index (χ0v) is 12.0. The highest BCUT2D eigenvalue weighted by Crippen LogP contribution is 2.22. The van der Waals surface area contributed by atoms with E-state index in [0.29, 0.717) is 6.54 Å². The molecule has 0 aliphatic carbocycles. The van der Waals surface area contributed by atoms with Gasteiger partial charge in [0.25, 0.3) is 0 Å². The predicted molar refractivity (Wildman–Crippen MR) is 76.0 cm³/mol. The number of benzene rings is 1. The number of carbonyl (C=O) groups excluding carboxylic acids is 1. The Kier molecular flexibility index (Phi) is 4.38. The Morgan fingerprint density at radius 2 is 1.83 bits per heavy atom. The van der Waals surface area contributed by atoms with Crippen LogP contribution in [0.4, 0.5) is 5.69 Å². The molecule has 1 aromatic carbocycles. The van der Waals surface area contributed by atoms with E-state index in [1.54, 1.807) is 0 Å². The summed E-state index contributed by atoms with van der Waals surface area (Å²) in [7, 11) is 0. The lowest BCUT2D eigenvalue weighted by Crippen LogP contribution is -2.43. The molecule has 0 heterocycles. The molecule has 1 rings (SSSR count). The highest BCUT2D eigenvalue weighted by molar-refractivity contribution is 5.81. The molecule has 3 nitrogen and oxygen atoms in total. The molecule has 0 spiro atoms. The molecule has 0 aliphatic rings. The molecule has 0 saturated heterocycles. The van der Waals surface area contributed by atoms with Crippen molar-refractivity contribution in [3.63, 3.8) is 0 Å². The van der Waals surface area contributed by atoms with Crippen LogP contribution in [0.3, 0.4) is 0 Å². The highest BCUT2D eigenvalue weighted by Gasteiger charge is 2.29. The van der Waals surface area contributed by atoms with E-state index in [-0.39, 0.29) is 17.4 Å². The first kappa shape index (κ1) is 14.6. The fraction of sp³-hybridized carbons (Fsp3) is 0.533. The molecule has 0 bridgehead atoms. The monoisotopic (exact) mass is 248 g/mol. The summed E-state index contributed by atoms with van der Waals surface area (Å²) < 4.78 is 0. The number of carbonyl (C=O) groups is 1. The molecule has 0 unspecified atom stereocenters. The van der Waals surface area contributed by atoms with Gasteiger partial charge in [-0.05, 0) is 25.5 Å². The van der Waals surface area contributed by atoms with Crippen LogP contribution in [-0.2, 0) is 11.3 Å². The quantitative estimate of drug-likeness (QED) is 0.836. The van der Waals surface area contributed by atoms with Crippen LogP contribution in [0.15, 0.2) is 24.3 Å². The normalized spacial score (nSPS) is 11.7. The number of nitrogen functional groups attached to an aromatic ring is 1. The number of rotatable bonds is 3. The number of hydrogen-bond donors (Lipinski definition) is 1. The molecule has 0 radical (unpaired) electrons. The molecule has 3 heteroatoms. The van der Waals surface area contributed by atoms with Gasteiger partial charge in [0.1, 0.15) is 0 Å². The van der Waals surface area contributed by atoms with Crippen molar-refractivity contribution in [1.29, 1.82) is 0 Å². The summed E-state index contributed by atoms with van der Waals surface area (Å²) in [6.07, 6.45) is 0. The van der Waals surface area contributed by atoms with Crippen LogP contribution >= 0.6 is 0 Å². The molecule has 0 fully saturated rings. The van der Waals surface area contributed by atoms with E-state index in [2.05, 4.69) is 0 Å².